The van der Waals surface area contributed by atoms with Crippen molar-refractivity contribution in [3.05, 3.63) is 42.0 Å². The van der Waals surface area contributed by atoms with Crippen molar-refractivity contribution in [2.24, 2.45) is 0 Å². The van der Waals surface area contributed by atoms with Gasteiger partial charge in [0.15, 0.2) is 0 Å². The Morgan fingerprint density at radius 1 is 1.45 bits per heavy atom. The Balaban J connectivity index is 1.87. The third-order valence-corrected chi connectivity index (χ3v) is 3.15. The van der Waals surface area contributed by atoms with E-state index in [1.807, 2.05) is 13.1 Å². The maximum atomic E-state index is 13.9. The minimum Gasteiger partial charge on any atom is -0.496 e. The van der Waals surface area contributed by atoms with Crippen LogP contribution in [0.1, 0.15) is 24.9 Å². The summed E-state index contributed by atoms with van der Waals surface area (Å²) in [5, 5.41) is 10.9. The lowest BCUT2D eigenvalue weighted by Gasteiger charge is -2.18. The van der Waals surface area contributed by atoms with E-state index in [2.05, 4.69) is 15.6 Å². The molecule has 2 aromatic rings. The van der Waals surface area contributed by atoms with Gasteiger partial charge in [0.1, 0.15) is 11.6 Å². The quantitative estimate of drug-likeness (QED) is 0.789. The molecule has 0 spiro atoms. The van der Waals surface area contributed by atoms with Crippen molar-refractivity contribution >= 4 is 0 Å². The van der Waals surface area contributed by atoms with Gasteiger partial charge < -0.3 is 10.1 Å². The summed E-state index contributed by atoms with van der Waals surface area (Å²) >= 11 is 0. The summed E-state index contributed by atoms with van der Waals surface area (Å²) < 4.78 is 20.9. The van der Waals surface area contributed by atoms with Gasteiger partial charge in [0.2, 0.25) is 0 Å². The van der Waals surface area contributed by atoms with Crippen molar-refractivity contribution in [3.8, 4) is 5.75 Å². The second kappa shape index (κ2) is 7.00. The Hall–Kier alpha value is -1.95. The molecule has 1 atom stereocenters. The van der Waals surface area contributed by atoms with Crippen LogP contribution in [0.5, 0.6) is 5.75 Å². The molecule has 1 N–H and O–H groups in total. The summed E-state index contributed by atoms with van der Waals surface area (Å²) in [5.41, 5.74) is 0.566. The van der Waals surface area contributed by atoms with E-state index in [9.17, 15) is 4.39 Å². The van der Waals surface area contributed by atoms with Crippen LogP contribution in [-0.4, -0.2) is 28.6 Å². The fourth-order valence-corrected chi connectivity index (χ4v) is 2.13. The second-order valence-corrected chi connectivity index (χ2v) is 4.55. The number of aromatic nitrogens is 3. The molecule has 108 valence electrons. The molecule has 0 saturated heterocycles. The minimum absolute atomic E-state index is 0.109. The van der Waals surface area contributed by atoms with E-state index in [-0.39, 0.29) is 11.9 Å². The summed E-state index contributed by atoms with van der Waals surface area (Å²) in [6, 6.07) is 4.76. The Kier molecular flexibility index (Phi) is 5.06. The first-order chi connectivity index (χ1) is 9.72. The summed E-state index contributed by atoms with van der Waals surface area (Å²) in [6.07, 6.45) is 4.37. The zero-order valence-electron chi connectivity index (χ0n) is 11.7. The van der Waals surface area contributed by atoms with Crippen LogP contribution in [0.4, 0.5) is 4.39 Å². The van der Waals surface area contributed by atoms with Crippen molar-refractivity contribution in [1.82, 2.24) is 20.3 Å². The number of halogens is 1. The fourth-order valence-electron chi connectivity index (χ4n) is 2.13. The molecule has 1 heterocycles. The van der Waals surface area contributed by atoms with Gasteiger partial charge in [-0.25, -0.2) is 4.39 Å². The van der Waals surface area contributed by atoms with E-state index < -0.39 is 0 Å². The van der Waals surface area contributed by atoms with Crippen LogP contribution >= 0.6 is 0 Å². The van der Waals surface area contributed by atoms with Gasteiger partial charge in [0, 0.05) is 24.3 Å². The van der Waals surface area contributed by atoms with Crippen LogP contribution in [0.25, 0.3) is 0 Å². The van der Waals surface area contributed by atoms with E-state index in [1.54, 1.807) is 30.1 Å². The van der Waals surface area contributed by atoms with Gasteiger partial charge in [-0.05, 0) is 32.0 Å². The predicted molar refractivity (Wildman–Crippen MR) is 74.0 cm³/mol. The first-order valence-electron chi connectivity index (χ1n) is 6.62. The standard InChI is InChI=1S/C14H19FN4O/c1-11(14-12(15)5-3-6-13(14)20-2)16-7-4-9-19-10-8-17-18-19/h3,5-6,8,10-11,16H,4,7,9H2,1-2H3. The molecule has 2 rings (SSSR count). The van der Waals surface area contributed by atoms with E-state index in [4.69, 9.17) is 4.74 Å². The van der Waals surface area contributed by atoms with E-state index in [1.165, 1.54) is 6.07 Å². The van der Waals surface area contributed by atoms with Crippen molar-refractivity contribution in [2.75, 3.05) is 13.7 Å². The SMILES string of the molecule is COc1cccc(F)c1C(C)NCCCn1ccnn1. The Labute approximate surface area is 117 Å². The highest BCUT2D eigenvalue weighted by atomic mass is 19.1. The third kappa shape index (κ3) is 3.54. The molecule has 0 fully saturated rings. The minimum atomic E-state index is -0.249. The molecule has 1 unspecified atom stereocenters. The lowest BCUT2D eigenvalue weighted by molar-refractivity contribution is 0.392. The number of benzene rings is 1. The summed E-state index contributed by atoms with van der Waals surface area (Å²) in [6.45, 7) is 3.48. The molecule has 0 radical (unpaired) electrons. The number of hydrogen-bond acceptors (Lipinski definition) is 4. The number of aryl methyl sites for hydroxylation is 1. The Bertz CT molecular complexity index is 530. The van der Waals surface area contributed by atoms with Crippen LogP contribution in [0.2, 0.25) is 0 Å². The van der Waals surface area contributed by atoms with E-state index >= 15 is 0 Å². The van der Waals surface area contributed by atoms with Crippen LogP contribution in [0.15, 0.2) is 30.6 Å². The Morgan fingerprint density at radius 2 is 2.30 bits per heavy atom. The van der Waals surface area contributed by atoms with Crippen molar-refractivity contribution in [3.63, 3.8) is 0 Å². The number of hydrogen-bond donors (Lipinski definition) is 1. The number of ether oxygens (including phenoxy) is 1. The maximum Gasteiger partial charge on any atom is 0.131 e. The van der Waals surface area contributed by atoms with Crippen LogP contribution in [0, 0.1) is 5.82 Å². The molecule has 0 aliphatic heterocycles. The molecule has 0 amide bonds. The molecular weight excluding hydrogens is 259 g/mol. The average Bonchev–Trinajstić information content (AvgIpc) is 2.96. The lowest BCUT2D eigenvalue weighted by atomic mass is 10.1. The van der Waals surface area contributed by atoms with Crippen LogP contribution < -0.4 is 10.1 Å². The van der Waals surface area contributed by atoms with Gasteiger partial charge >= 0.3 is 0 Å². The van der Waals surface area contributed by atoms with E-state index in [0.29, 0.717) is 11.3 Å². The highest BCUT2D eigenvalue weighted by Gasteiger charge is 2.15. The molecule has 0 aliphatic rings. The molecule has 0 saturated carbocycles. The van der Waals surface area contributed by atoms with Gasteiger partial charge in [-0.15, -0.1) is 5.10 Å². The lowest BCUT2D eigenvalue weighted by Crippen LogP contribution is -2.22. The molecule has 5 nitrogen and oxygen atoms in total. The normalized spacial score (nSPS) is 12.3. The average molecular weight is 278 g/mol. The summed E-state index contributed by atoms with van der Waals surface area (Å²) in [4.78, 5) is 0. The molecule has 0 aliphatic carbocycles. The monoisotopic (exact) mass is 278 g/mol. The first-order valence-corrected chi connectivity index (χ1v) is 6.62. The number of methoxy groups -OCH3 is 1. The van der Waals surface area contributed by atoms with Gasteiger partial charge in [0.25, 0.3) is 0 Å². The molecule has 1 aromatic heterocycles. The van der Waals surface area contributed by atoms with Crippen LogP contribution in [0.3, 0.4) is 0 Å². The molecule has 1 aromatic carbocycles. The zero-order valence-corrected chi connectivity index (χ0v) is 11.7. The van der Waals surface area contributed by atoms with E-state index in [0.717, 1.165) is 19.5 Å². The topological polar surface area (TPSA) is 52.0 Å². The summed E-state index contributed by atoms with van der Waals surface area (Å²) in [5.74, 6) is 0.321. The highest BCUT2D eigenvalue weighted by Crippen LogP contribution is 2.27. The fraction of sp³-hybridized carbons (Fsp3) is 0.429. The molecular formula is C14H19FN4O. The first kappa shape index (κ1) is 14.5. The second-order valence-electron chi connectivity index (χ2n) is 4.55. The van der Waals surface area contributed by atoms with Gasteiger partial charge in [0.05, 0.1) is 13.3 Å². The smallest absolute Gasteiger partial charge is 0.131 e. The van der Waals surface area contributed by atoms with Gasteiger partial charge in [-0.1, -0.05) is 11.3 Å². The van der Waals surface area contributed by atoms with Crippen LogP contribution in [-0.2, 0) is 6.54 Å². The van der Waals surface area contributed by atoms with Gasteiger partial charge in [-0.2, -0.15) is 0 Å². The van der Waals surface area contributed by atoms with Crippen molar-refractivity contribution in [1.29, 1.82) is 0 Å². The molecule has 20 heavy (non-hydrogen) atoms. The Morgan fingerprint density at radius 3 is 3.00 bits per heavy atom. The largest absolute Gasteiger partial charge is 0.496 e. The number of nitrogens with one attached hydrogen (secondary N) is 1. The van der Waals surface area contributed by atoms with Crippen molar-refractivity contribution in [2.45, 2.75) is 25.9 Å². The third-order valence-electron chi connectivity index (χ3n) is 3.15. The summed E-state index contributed by atoms with van der Waals surface area (Å²) in [7, 11) is 1.55. The molecule has 0 bridgehead atoms. The zero-order chi connectivity index (χ0) is 14.4. The number of rotatable bonds is 7. The maximum absolute atomic E-state index is 13.9. The predicted octanol–water partition coefficient (Wildman–Crippen LogP) is 2.17. The van der Waals surface area contributed by atoms with Gasteiger partial charge in [-0.3, -0.25) is 4.68 Å². The van der Waals surface area contributed by atoms with Crippen molar-refractivity contribution < 1.29 is 9.13 Å². The number of nitrogens with zero attached hydrogens (tertiary/aromatic N) is 3. The molecule has 6 heteroatoms. The highest BCUT2D eigenvalue weighted by molar-refractivity contribution is 5.36.